The van der Waals surface area contributed by atoms with Gasteiger partial charge in [-0.3, -0.25) is 0 Å². The Bertz CT molecular complexity index is 563. The first-order chi connectivity index (χ1) is 8.33. The molecule has 0 saturated heterocycles. The third-order valence-electron chi connectivity index (χ3n) is 2.14. The number of hydrogen-bond acceptors (Lipinski definition) is 4. The molecule has 84 valence electrons. The molecule has 0 aliphatic heterocycles. The minimum absolute atomic E-state index is 0.421. The summed E-state index contributed by atoms with van der Waals surface area (Å²) in [5.41, 5.74) is 0.421. The van der Waals surface area contributed by atoms with Gasteiger partial charge in [0.25, 0.3) is 0 Å². The van der Waals surface area contributed by atoms with Crippen LogP contribution < -0.4 is 4.74 Å². The molecule has 0 bridgehead atoms. The predicted molar refractivity (Wildman–Crippen MR) is 66.1 cm³/mol. The molecule has 1 aromatic carbocycles. The van der Waals surface area contributed by atoms with Gasteiger partial charge in [0.15, 0.2) is 0 Å². The molecule has 0 unspecified atom stereocenters. The summed E-state index contributed by atoms with van der Waals surface area (Å²) in [6.07, 6.45) is 1.64. The molecule has 0 atom stereocenters. The van der Waals surface area contributed by atoms with Crippen LogP contribution in [0.15, 0.2) is 52.4 Å². The van der Waals surface area contributed by atoms with Crippen LogP contribution in [0.1, 0.15) is 5.69 Å². The van der Waals surface area contributed by atoms with Gasteiger partial charge >= 0.3 is 0 Å². The zero-order valence-electron chi connectivity index (χ0n) is 9.25. The maximum atomic E-state index is 8.78. The van der Waals surface area contributed by atoms with Crippen molar-refractivity contribution >= 4 is 11.8 Å². The zero-order valence-corrected chi connectivity index (χ0v) is 10.1. The first kappa shape index (κ1) is 11.5. The molecule has 0 aliphatic rings. The number of hydrogen-bond donors (Lipinski definition) is 0. The average Bonchev–Trinajstić information content (AvgIpc) is 2.39. The van der Waals surface area contributed by atoms with Crippen LogP contribution in [0.25, 0.3) is 0 Å². The second-order valence-corrected chi connectivity index (χ2v) is 4.36. The highest BCUT2D eigenvalue weighted by Gasteiger charge is 2.04. The fourth-order valence-electron chi connectivity index (χ4n) is 1.37. The van der Waals surface area contributed by atoms with Crippen molar-refractivity contribution < 1.29 is 4.74 Å². The highest BCUT2D eigenvalue weighted by molar-refractivity contribution is 7.99. The van der Waals surface area contributed by atoms with Crippen molar-refractivity contribution in [1.29, 1.82) is 5.26 Å². The van der Waals surface area contributed by atoms with E-state index in [1.54, 1.807) is 31.1 Å². The summed E-state index contributed by atoms with van der Waals surface area (Å²) >= 11 is 1.55. The van der Waals surface area contributed by atoms with Gasteiger partial charge in [0.05, 0.1) is 12.0 Å². The van der Waals surface area contributed by atoms with Crippen molar-refractivity contribution in [3.8, 4) is 11.8 Å². The van der Waals surface area contributed by atoms with Gasteiger partial charge in [-0.2, -0.15) is 5.26 Å². The Kier molecular flexibility index (Phi) is 3.63. The van der Waals surface area contributed by atoms with E-state index in [1.165, 1.54) is 0 Å². The molecule has 2 rings (SSSR count). The average molecular weight is 242 g/mol. The van der Waals surface area contributed by atoms with E-state index in [0.717, 1.165) is 15.5 Å². The van der Waals surface area contributed by atoms with Crippen molar-refractivity contribution in [2.75, 3.05) is 7.11 Å². The van der Waals surface area contributed by atoms with Crippen LogP contribution in [-0.2, 0) is 0 Å². The summed E-state index contributed by atoms with van der Waals surface area (Å²) in [5, 5.41) is 8.78. The number of ether oxygens (including phenoxy) is 1. The van der Waals surface area contributed by atoms with Gasteiger partial charge in [-0.05, 0) is 24.3 Å². The van der Waals surface area contributed by atoms with Crippen molar-refractivity contribution in [3.63, 3.8) is 0 Å². The molecule has 4 heteroatoms. The van der Waals surface area contributed by atoms with E-state index in [-0.39, 0.29) is 0 Å². The Balaban J connectivity index is 2.28. The van der Waals surface area contributed by atoms with E-state index in [2.05, 4.69) is 4.98 Å². The monoisotopic (exact) mass is 242 g/mol. The largest absolute Gasteiger partial charge is 0.496 e. The highest BCUT2D eigenvalue weighted by atomic mass is 32.2. The standard InChI is InChI=1S/C13H10N2OS/c1-16-12-4-2-3-5-13(12)17-11-6-7-15-10(8-11)9-14/h2-8H,1H3. The Morgan fingerprint density at radius 2 is 2.12 bits per heavy atom. The lowest BCUT2D eigenvalue weighted by Crippen LogP contribution is -1.86. The van der Waals surface area contributed by atoms with Crippen LogP contribution in [0.4, 0.5) is 0 Å². The maximum Gasteiger partial charge on any atom is 0.141 e. The van der Waals surface area contributed by atoms with Crippen LogP contribution in [0.3, 0.4) is 0 Å². The summed E-state index contributed by atoms with van der Waals surface area (Å²) < 4.78 is 5.27. The third-order valence-corrected chi connectivity index (χ3v) is 3.19. The van der Waals surface area contributed by atoms with Gasteiger partial charge in [0, 0.05) is 11.1 Å². The van der Waals surface area contributed by atoms with Crippen molar-refractivity contribution in [3.05, 3.63) is 48.3 Å². The predicted octanol–water partition coefficient (Wildman–Crippen LogP) is 3.11. The number of para-hydroxylation sites is 1. The van der Waals surface area contributed by atoms with E-state index >= 15 is 0 Å². The number of rotatable bonds is 3. The van der Waals surface area contributed by atoms with Gasteiger partial charge in [-0.25, -0.2) is 4.98 Å². The molecular formula is C13H10N2OS. The van der Waals surface area contributed by atoms with Gasteiger partial charge in [0.1, 0.15) is 17.5 Å². The lowest BCUT2D eigenvalue weighted by molar-refractivity contribution is 0.405. The normalized spacial score (nSPS) is 9.65. The summed E-state index contributed by atoms with van der Waals surface area (Å²) in [5.74, 6) is 0.827. The van der Waals surface area contributed by atoms with Gasteiger partial charge in [-0.1, -0.05) is 23.9 Å². The Hall–Kier alpha value is -1.99. The lowest BCUT2D eigenvalue weighted by atomic mass is 10.3. The summed E-state index contributed by atoms with van der Waals surface area (Å²) in [6.45, 7) is 0. The number of pyridine rings is 1. The third kappa shape index (κ3) is 2.77. The topological polar surface area (TPSA) is 45.9 Å². The molecule has 0 aliphatic carbocycles. The van der Waals surface area contributed by atoms with E-state index in [9.17, 15) is 0 Å². The van der Waals surface area contributed by atoms with Crippen molar-refractivity contribution in [1.82, 2.24) is 4.98 Å². The van der Waals surface area contributed by atoms with Crippen LogP contribution in [0, 0.1) is 11.3 Å². The SMILES string of the molecule is COc1ccccc1Sc1ccnc(C#N)c1. The summed E-state index contributed by atoms with van der Waals surface area (Å²) in [7, 11) is 1.65. The van der Waals surface area contributed by atoms with Crippen LogP contribution >= 0.6 is 11.8 Å². The second kappa shape index (κ2) is 5.37. The molecular weight excluding hydrogens is 232 g/mol. The number of nitriles is 1. The number of benzene rings is 1. The van der Waals surface area contributed by atoms with Crippen LogP contribution in [0.5, 0.6) is 5.75 Å². The molecule has 17 heavy (non-hydrogen) atoms. The highest BCUT2D eigenvalue weighted by Crippen LogP contribution is 2.34. The molecule has 0 fully saturated rings. The van der Waals surface area contributed by atoms with Crippen LogP contribution in [0.2, 0.25) is 0 Å². The molecule has 0 saturated carbocycles. The summed E-state index contributed by atoms with van der Waals surface area (Å²) in [6, 6.07) is 13.4. The minimum atomic E-state index is 0.421. The quantitative estimate of drug-likeness (QED) is 0.829. The molecule has 0 N–H and O–H groups in total. The Labute approximate surface area is 104 Å². The first-order valence-corrected chi connectivity index (χ1v) is 5.82. The summed E-state index contributed by atoms with van der Waals surface area (Å²) in [4.78, 5) is 5.93. The van der Waals surface area contributed by atoms with Crippen molar-refractivity contribution in [2.45, 2.75) is 9.79 Å². The van der Waals surface area contributed by atoms with E-state index in [1.807, 2.05) is 36.4 Å². The number of methoxy groups -OCH3 is 1. The van der Waals surface area contributed by atoms with Gasteiger partial charge < -0.3 is 4.74 Å². The Morgan fingerprint density at radius 1 is 1.29 bits per heavy atom. The second-order valence-electron chi connectivity index (χ2n) is 3.24. The molecule has 2 aromatic rings. The molecule has 1 aromatic heterocycles. The number of aromatic nitrogens is 1. The number of nitrogens with zero attached hydrogens (tertiary/aromatic N) is 2. The molecule has 1 heterocycles. The zero-order chi connectivity index (χ0) is 12.1. The molecule has 3 nitrogen and oxygen atoms in total. The van der Waals surface area contributed by atoms with E-state index < -0.39 is 0 Å². The Morgan fingerprint density at radius 3 is 2.88 bits per heavy atom. The molecule has 0 spiro atoms. The maximum absolute atomic E-state index is 8.78. The smallest absolute Gasteiger partial charge is 0.141 e. The molecule has 0 amide bonds. The minimum Gasteiger partial charge on any atom is -0.496 e. The van der Waals surface area contributed by atoms with E-state index in [0.29, 0.717) is 5.69 Å². The van der Waals surface area contributed by atoms with Crippen LogP contribution in [-0.4, -0.2) is 12.1 Å². The van der Waals surface area contributed by atoms with Crippen molar-refractivity contribution in [2.24, 2.45) is 0 Å². The fraction of sp³-hybridized carbons (Fsp3) is 0.0769. The van der Waals surface area contributed by atoms with Gasteiger partial charge in [0.2, 0.25) is 0 Å². The van der Waals surface area contributed by atoms with E-state index in [4.69, 9.17) is 10.00 Å². The van der Waals surface area contributed by atoms with Gasteiger partial charge in [-0.15, -0.1) is 0 Å². The molecule has 0 radical (unpaired) electrons. The first-order valence-electron chi connectivity index (χ1n) is 5.00. The lowest BCUT2D eigenvalue weighted by Gasteiger charge is -2.07. The fourth-order valence-corrected chi connectivity index (χ4v) is 2.32.